The van der Waals surface area contributed by atoms with Crippen LogP contribution < -0.4 is 0 Å². The zero-order chi connectivity index (χ0) is 20.0. The van der Waals surface area contributed by atoms with Gasteiger partial charge in [0.2, 0.25) is 0 Å². The molecule has 1 aromatic rings. The van der Waals surface area contributed by atoms with E-state index in [0.717, 1.165) is 83.5 Å². The first-order valence-electron chi connectivity index (χ1n) is 10.9. The van der Waals surface area contributed by atoms with Gasteiger partial charge in [-0.15, -0.1) is 0 Å². The molecule has 0 saturated heterocycles. The molecule has 0 amide bonds. The van der Waals surface area contributed by atoms with E-state index in [1.54, 1.807) is 0 Å². The van der Waals surface area contributed by atoms with Gasteiger partial charge in [0.15, 0.2) is 0 Å². The number of carboxylic acid groups (broad SMARTS) is 1. The average Bonchev–Trinajstić information content (AvgIpc) is 3.58. The van der Waals surface area contributed by atoms with Crippen LogP contribution in [-0.2, 0) is 27.2 Å². The van der Waals surface area contributed by atoms with Crippen molar-refractivity contribution in [2.45, 2.75) is 96.0 Å². The van der Waals surface area contributed by atoms with E-state index in [9.17, 15) is 14.7 Å². The zero-order valence-corrected chi connectivity index (χ0v) is 17.2. The Morgan fingerprint density at radius 3 is 2.39 bits per heavy atom. The molecule has 0 bridgehead atoms. The maximum absolute atomic E-state index is 11.2. The number of carboxylic acids is 1. The molecular weight excluding hydrogens is 352 g/mol. The van der Waals surface area contributed by atoms with E-state index in [2.05, 4.69) is 25.1 Å². The quantitative estimate of drug-likeness (QED) is 0.344. The lowest BCUT2D eigenvalue weighted by molar-refractivity contribution is -0.143. The molecule has 2 fully saturated rings. The number of carbonyl (C=O) groups excluding carboxylic acids is 1. The van der Waals surface area contributed by atoms with Crippen molar-refractivity contribution in [2.75, 3.05) is 0 Å². The van der Waals surface area contributed by atoms with Crippen molar-refractivity contribution in [1.29, 1.82) is 0 Å². The molecular formula is C24H34O4. The molecule has 154 valence electrons. The van der Waals surface area contributed by atoms with E-state index in [-0.39, 0.29) is 11.0 Å². The topological polar surface area (TPSA) is 63.6 Å². The van der Waals surface area contributed by atoms with E-state index in [1.165, 1.54) is 16.7 Å². The molecule has 0 spiro atoms. The first kappa shape index (κ1) is 20.9. The minimum Gasteiger partial charge on any atom is -0.481 e. The summed E-state index contributed by atoms with van der Waals surface area (Å²) in [5, 5.41) is 9.24. The summed E-state index contributed by atoms with van der Waals surface area (Å²) in [4.78, 5) is 21.8. The van der Waals surface area contributed by atoms with Crippen LogP contribution in [0.3, 0.4) is 0 Å². The van der Waals surface area contributed by atoms with Crippen molar-refractivity contribution in [3.05, 3.63) is 34.9 Å². The molecule has 0 aliphatic heterocycles. The van der Waals surface area contributed by atoms with E-state index >= 15 is 0 Å². The molecule has 0 heterocycles. The Kier molecular flexibility index (Phi) is 6.79. The summed E-state index contributed by atoms with van der Waals surface area (Å²) in [6.07, 6.45) is 13.3. The minimum atomic E-state index is -0.596. The maximum Gasteiger partial charge on any atom is 0.309 e. The van der Waals surface area contributed by atoms with Crippen molar-refractivity contribution in [1.82, 2.24) is 0 Å². The Hall–Kier alpha value is -1.84. The first-order chi connectivity index (χ1) is 13.5. The van der Waals surface area contributed by atoms with Crippen LogP contribution in [0.25, 0.3) is 0 Å². The summed E-state index contributed by atoms with van der Waals surface area (Å²) >= 11 is 0. The summed E-state index contributed by atoms with van der Waals surface area (Å²) in [6.45, 7) is 2.78. The van der Waals surface area contributed by atoms with Crippen LogP contribution in [0.2, 0.25) is 0 Å². The molecule has 28 heavy (non-hydrogen) atoms. The minimum absolute atomic E-state index is 0.127. The van der Waals surface area contributed by atoms with E-state index < -0.39 is 5.97 Å². The third kappa shape index (κ3) is 5.59. The number of aliphatic carboxylic acids is 1. The van der Waals surface area contributed by atoms with Gasteiger partial charge in [0.05, 0.1) is 5.41 Å². The highest BCUT2D eigenvalue weighted by atomic mass is 16.5. The predicted molar refractivity (Wildman–Crippen MR) is 109 cm³/mol. The molecule has 0 aromatic heterocycles. The second-order valence-corrected chi connectivity index (χ2v) is 9.01. The number of hydrogen-bond donors (Lipinski definition) is 1. The third-order valence-electron chi connectivity index (χ3n) is 6.78. The third-order valence-corrected chi connectivity index (χ3v) is 6.78. The summed E-state index contributed by atoms with van der Waals surface area (Å²) in [5.41, 5.74) is 3.68. The normalized spacial score (nSPS) is 18.5. The van der Waals surface area contributed by atoms with Crippen molar-refractivity contribution in [3.8, 4) is 0 Å². The van der Waals surface area contributed by atoms with Gasteiger partial charge < -0.3 is 9.84 Å². The lowest BCUT2D eigenvalue weighted by Crippen LogP contribution is -2.14. The van der Waals surface area contributed by atoms with Gasteiger partial charge in [-0.3, -0.25) is 9.59 Å². The molecule has 2 aliphatic rings. The van der Waals surface area contributed by atoms with Crippen LogP contribution >= 0.6 is 0 Å². The molecule has 2 aliphatic carbocycles. The van der Waals surface area contributed by atoms with Gasteiger partial charge >= 0.3 is 5.97 Å². The molecule has 4 nitrogen and oxygen atoms in total. The number of ether oxygens (including phenoxy) is 1. The highest BCUT2D eigenvalue weighted by Gasteiger charge is 2.49. The van der Waals surface area contributed by atoms with Crippen LogP contribution in [-0.4, -0.2) is 23.1 Å². The summed E-state index contributed by atoms with van der Waals surface area (Å²) in [7, 11) is 0. The summed E-state index contributed by atoms with van der Waals surface area (Å²) in [6, 6.07) is 6.81. The molecule has 0 unspecified atom stereocenters. The average molecular weight is 387 g/mol. The van der Waals surface area contributed by atoms with Gasteiger partial charge in [-0.05, 0) is 94.2 Å². The van der Waals surface area contributed by atoms with Gasteiger partial charge in [0.1, 0.15) is 5.60 Å². The van der Waals surface area contributed by atoms with E-state index in [0.29, 0.717) is 6.47 Å². The van der Waals surface area contributed by atoms with Crippen LogP contribution in [0, 0.1) is 12.3 Å². The van der Waals surface area contributed by atoms with Crippen LogP contribution in [0.1, 0.15) is 87.3 Å². The highest BCUT2D eigenvalue weighted by molar-refractivity contribution is 5.77. The Bertz CT molecular complexity index is 686. The van der Waals surface area contributed by atoms with E-state index in [4.69, 9.17) is 4.74 Å². The second-order valence-electron chi connectivity index (χ2n) is 9.01. The SMILES string of the molecule is Cc1ccc(CCCCCC2(C(=O)O)CC2)cc1CCCCC1(OC=O)CC1. The van der Waals surface area contributed by atoms with Crippen molar-refractivity contribution in [2.24, 2.45) is 5.41 Å². The fourth-order valence-electron chi connectivity index (χ4n) is 4.27. The lowest BCUT2D eigenvalue weighted by atomic mass is 9.95. The monoisotopic (exact) mass is 386 g/mol. The largest absolute Gasteiger partial charge is 0.481 e. The Balaban J connectivity index is 1.35. The van der Waals surface area contributed by atoms with E-state index in [1.807, 2.05) is 0 Å². The number of rotatable bonds is 14. The van der Waals surface area contributed by atoms with Gasteiger partial charge in [-0.2, -0.15) is 0 Å². The second kappa shape index (κ2) is 9.11. The number of hydrogen-bond acceptors (Lipinski definition) is 3. The number of benzene rings is 1. The molecule has 3 rings (SSSR count). The predicted octanol–water partition coefficient (Wildman–Crippen LogP) is 5.38. The van der Waals surface area contributed by atoms with Gasteiger partial charge in [0.25, 0.3) is 6.47 Å². The number of aryl methyl sites for hydroxylation is 3. The first-order valence-corrected chi connectivity index (χ1v) is 10.9. The molecule has 1 aromatic carbocycles. The van der Waals surface area contributed by atoms with Gasteiger partial charge in [-0.25, -0.2) is 0 Å². The number of unbranched alkanes of at least 4 members (excludes halogenated alkanes) is 3. The zero-order valence-electron chi connectivity index (χ0n) is 17.2. The lowest BCUT2D eigenvalue weighted by Gasteiger charge is -2.13. The Morgan fingerprint density at radius 1 is 1.04 bits per heavy atom. The smallest absolute Gasteiger partial charge is 0.309 e. The molecule has 4 heteroatoms. The molecule has 1 N–H and O–H groups in total. The summed E-state index contributed by atoms with van der Waals surface area (Å²) < 4.78 is 5.22. The Labute approximate surface area is 168 Å². The Morgan fingerprint density at radius 2 is 1.75 bits per heavy atom. The summed E-state index contributed by atoms with van der Waals surface area (Å²) in [5.74, 6) is -0.596. The fourth-order valence-corrected chi connectivity index (χ4v) is 4.27. The van der Waals surface area contributed by atoms with Crippen molar-refractivity contribution >= 4 is 12.4 Å². The maximum atomic E-state index is 11.2. The van der Waals surface area contributed by atoms with Crippen LogP contribution in [0.5, 0.6) is 0 Å². The molecule has 0 atom stereocenters. The standard InChI is InChI=1S/C24H34O4/c1-19-9-10-20(7-3-2-5-11-23(13-14-23)22(26)27)17-21(19)8-4-6-12-24(15-16-24)28-18-25/h9-10,17-18H,2-8,11-16H2,1H3,(H,26,27). The van der Waals surface area contributed by atoms with Gasteiger partial charge in [0, 0.05) is 0 Å². The highest BCUT2D eigenvalue weighted by Crippen LogP contribution is 2.50. The van der Waals surface area contributed by atoms with Gasteiger partial charge in [-0.1, -0.05) is 31.0 Å². The van der Waals surface area contributed by atoms with Crippen molar-refractivity contribution < 1.29 is 19.4 Å². The fraction of sp³-hybridized carbons (Fsp3) is 0.667. The van der Waals surface area contributed by atoms with Crippen molar-refractivity contribution in [3.63, 3.8) is 0 Å². The number of carbonyl (C=O) groups is 2. The molecule has 2 saturated carbocycles. The van der Waals surface area contributed by atoms with Crippen LogP contribution in [0.15, 0.2) is 18.2 Å². The molecule has 0 radical (unpaired) electrons. The van der Waals surface area contributed by atoms with Crippen LogP contribution in [0.4, 0.5) is 0 Å².